The minimum Gasteiger partial charge on any atom is -0.338 e. The molecule has 0 amide bonds. The molecule has 0 aliphatic rings. The number of aryl methyl sites for hydroxylation is 1. The minimum absolute atomic E-state index is 0.318. The van der Waals surface area contributed by atoms with Gasteiger partial charge in [-0.05, 0) is 40.5 Å². The normalized spacial score (nSPS) is 11.2. The zero-order valence-electron chi connectivity index (χ0n) is 9.97. The number of hydrogen-bond acceptors (Lipinski definition) is 1. The van der Waals surface area contributed by atoms with Crippen molar-refractivity contribution < 1.29 is 8.78 Å². The van der Waals surface area contributed by atoms with Crippen LogP contribution in [-0.4, -0.2) is 9.97 Å². The topological polar surface area (TPSA) is 28.7 Å². The van der Waals surface area contributed by atoms with Crippen LogP contribution in [0.1, 0.15) is 5.56 Å². The number of nitrogens with one attached hydrogen (secondary N) is 1. The first-order valence-corrected chi connectivity index (χ1v) is 6.46. The number of benzene rings is 2. The van der Waals surface area contributed by atoms with E-state index in [9.17, 15) is 8.78 Å². The summed E-state index contributed by atoms with van der Waals surface area (Å²) in [6, 6.07) is 8.00. The molecule has 1 N–H and O–H groups in total. The number of aromatic amines is 1. The van der Waals surface area contributed by atoms with Crippen LogP contribution in [0.4, 0.5) is 8.78 Å². The maximum absolute atomic E-state index is 14.0. The summed E-state index contributed by atoms with van der Waals surface area (Å²) in [6.45, 7) is 1.69. The zero-order valence-corrected chi connectivity index (χ0v) is 11.6. The molecule has 0 spiro atoms. The van der Waals surface area contributed by atoms with Crippen molar-refractivity contribution in [3.63, 3.8) is 0 Å². The standard InChI is InChI=1S/C14H9BrF2N2/c1-7-3-2-4-8(13(7)17)14-18-11-5-9(15)10(16)6-12(11)19-14/h2-6H,1H3,(H,18,19). The molecule has 0 atom stereocenters. The van der Waals surface area contributed by atoms with Gasteiger partial charge in [0, 0.05) is 6.07 Å². The van der Waals surface area contributed by atoms with Crippen molar-refractivity contribution in [1.29, 1.82) is 0 Å². The molecule has 2 aromatic carbocycles. The molecule has 5 heteroatoms. The maximum atomic E-state index is 14.0. The number of rotatable bonds is 1. The Morgan fingerprint density at radius 3 is 2.79 bits per heavy atom. The molecule has 3 rings (SSSR count). The Kier molecular flexibility index (Phi) is 2.86. The van der Waals surface area contributed by atoms with Crippen LogP contribution in [0, 0.1) is 18.6 Å². The third-order valence-electron chi connectivity index (χ3n) is 2.97. The van der Waals surface area contributed by atoms with E-state index in [0.29, 0.717) is 32.5 Å². The lowest BCUT2D eigenvalue weighted by Crippen LogP contribution is -1.89. The fourth-order valence-electron chi connectivity index (χ4n) is 1.96. The molecule has 0 saturated heterocycles. The van der Waals surface area contributed by atoms with Crippen LogP contribution in [-0.2, 0) is 0 Å². The van der Waals surface area contributed by atoms with E-state index in [0.717, 1.165) is 0 Å². The molecule has 0 unspecified atom stereocenters. The first-order chi connectivity index (χ1) is 9.06. The van der Waals surface area contributed by atoms with Crippen LogP contribution in [0.3, 0.4) is 0 Å². The highest BCUT2D eigenvalue weighted by molar-refractivity contribution is 9.10. The number of hydrogen-bond donors (Lipinski definition) is 1. The highest BCUT2D eigenvalue weighted by Gasteiger charge is 2.13. The Labute approximate surface area is 116 Å². The van der Waals surface area contributed by atoms with Gasteiger partial charge in [0.1, 0.15) is 17.5 Å². The number of halogens is 3. The van der Waals surface area contributed by atoms with Gasteiger partial charge in [0.15, 0.2) is 0 Å². The van der Waals surface area contributed by atoms with Crippen molar-refractivity contribution >= 4 is 27.0 Å². The van der Waals surface area contributed by atoms with Gasteiger partial charge < -0.3 is 4.98 Å². The summed E-state index contributed by atoms with van der Waals surface area (Å²) in [6.07, 6.45) is 0. The van der Waals surface area contributed by atoms with Crippen molar-refractivity contribution in [2.45, 2.75) is 6.92 Å². The zero-order chi connectivity index (χ0) is 13.6. The second-order valence-corrected chi connectivity index (χ2v) is 5.16. The first kappa shape index (κ1) is 12.3. The van der Waals surface area contributed by atoms with Gasteiger partial charge in [-0.25, -0.2) is 13.8 Å². The van der Waals surface area contributed by atoms with Crippen molar-refractivity contribution in [3.05, 3.63) is 52.0 Å². The van der Waals surface area contributed by atoms with E-state index in [1.54, 1.807) is 31.2 Å². The predicted octanol–water partition coefficient (Wildman–Crippen LogP) is 4.58. The lowest BCUT2D eigenvalue weighted by molar-refractivity contribution is 0.621. The first-order valence-electron chi connectivity index (χ1n) is 5.66. The highest BCUT2D eigenvalue weighted by atomic mass is 79.9. The monoisotopic (exact) mass is 322 g/mol. The number of nitrogens with zero attached hydrogens (tertiary/aromatic N) is 1. The summed E-state index contributed by atoms with van der Waals surface area (Å²) in [4.78, 5) is 7.23. The molecule has 19 heavy (non-hydrogen) atoms. The molecule has 1 heterocycles. The average molecular weight is 323 g/mol. The molecular formula is C14H9BrF2N2. The van der Waals surface area contributed by atoms with Gasteiger partial charge >= 0.3 is 0 Å². The van der Waals surface area contributed by atoms with Gasteiger partial charge in [0.25, 0.3) is 0 Å². The number of imidazole rings is 1. The fourth-order valence-corrected chi connectivity index (χ4v) is 2.29. The molecule has 2 nitrogen and oxygen atoms in total. The quantitative estimate of drug-likeness (QED) is 0.698. The van der Waals surface area contributed by atoms with Crippen LogP contribution in [0.5, 0.6) is 0 Å². The van der Waals surface area contributed by atoms with Gasteiger partial charge in [-0.15, -0.1) is 0 Å². The van der Waals surface area contributed by atoms with Crippen LogP contribution < -0.4 is 0 Å². The van der Waals surface area contributed by atoms with E-state index in [2.05, 4.69) is 25.9 Å². The second-order valence-electron chi connectivity index (χ2n) is 4.31. The molecule has 0 aliphatic heterocycles. The van der Waals surface area contributed by atoms with E-state index in [4.69, 9.17) is 0 Å². The van der Waals surface area contributed by atoms with Crippen molar-refractivity contribution in [2.75, 3.05) is 0 Å². The predicted molar refractivity (Wildman–Crippen MR) is 73.9 cm³/mol. The molecule has 0 bridgehead atoms. The summed E-state index contributed by atoms with van der Waals surface area (Å²) in [7, 11) is 0. The van der Waals surface area contributed by atoms with Gasteiger partial charge in [0.2, 0.25) is 0 Å². The second kappa shape index (κ2) is 4.42. The molecule has 0 fully saturated rings. The molecule has 0 saturated carbocycles. The summed E-state index contributed by atoms with van der Waals surface area (Å²) in [5, 5.41) is 0. The molecular weight excluding hydrogens is 314 g/mol. The third kappa shape index (κ3) is 2.04. The van der Waals surface area contributed by atoms with Crippen LogP contribution in [0.15, 0.2) is 34.8 Å². The Morgan fingerprint density at radius 1 is 1.21 bits per heavy atom. The Balaban J connectivity index is 2.23. The van der Waals surface area contributed by atoms with Crippen LogP contribution in [0.25, 0.3) is 22.4 Å². The van der Waals surface area contributed by atoms with Crippen molar-refractivity contribution in [1.82, 2.24) is 9.97 Å². The van der Waals surface area contributed by atoms with Crippen molar-refractivity contribution in [3.8, 4) is 11.4 Å². The summed E-state index contributed by atoms with van der Waals surface area (Å²) in [5.74, 6) is -0.304. The third-order valence-corrected chi connectivity index (χ3v) is 3.58. The van der Waals surface area contributed by atoms with E-state index in [1.165, 1.54) is 6.07 Å². The average Bonchev–Trinajstić information content (AvgIpc) is 2.76. The van der Waals surface area contributed by atoms with E-state index in [1.807, 2.05) is 0 Å². The van der Waals surface area contributed by atoms with Crippen LogP contribution in [0.2, 0.25) is 0 Å². The van der Waals surface area contributed by atoms with Crippen molar-refractivity contribution in [2.24, 2.45) is 0 Å². The summed E-state index contributed by atoms with van der Waals surface area (Å²) >= 11 is 3.10. The largest absolute Gasteiger partial charge is 0.338 e. The highest BCUT2D eigenvalue weighted by Crippen LogP contribution is 2.27. The van der Waals surface area contributed by atoms with Crippen LogP contribution >= 0.6 is 15.9 Å². The molecule has 0 radical (unpaired) electrons. The minimum atomic E-state index is -0.382. The number of H-pyrrole nitrogens is 1. The van der Waals surface area contributed by atoms with Gasteiger partial charge in [-0.1, -0.05) is 12.1 Å². The lowest BCUT2D eigenvalue weighted by atomic mass is 10.1. The van der Waals surface area contributed by atoms with E-state index >= 15 is 0 Å². The molecule has 1 aromatic heterocycles. The maximum Gasteiger partial charge on any atom is 0.141 e. The van der Waals surface area contributed by atoms with E-state index in [-0.39, 0.29) is 11.6 Å². The van der Waals surface area contributed by atoms with E-state index < -0.39 is 0 Å². The Bertz CT molecular complexity index is 741. The number of fused-ring (bicyclic) bond motifs is 1. The van der Waals surface area contributed by atoms with Gasteiger partial charge in [-0.2, -0.15) is 0 Å². The fraction of sp³-hybridized carbons (Fsp3) is 0.0714. The van der Waals surface area contributed by atoms with Gasteiger partial charge in [0.05, 0.1) is 21.1 Å². The SMILES string of the molecule is Cc1cccc(-c2nc3cc(Br)c(F)cc3[nH]2)c1F. The van der Waals surface area contributed by atoms with Gasteiger partial charge in [-0.3, -0.25) is 0 Å². The molecule has 0 aliphatic carbocycles. The Morgan fingerprint density at radius 2 is 2.00 bits per heavy atom. The summed E-state index contributed by atoms with van der Waals surface area (Å²) < 4.78 is 27.8. The summed E-state index contributed by atoms with van der Waals surface area (Å²) in [5.41, 5.74) is 2.05. The lowest BCUT2D eigenvalue weighted by Gasteiger charge is -2.01. The Hall–Kier alpha value is -1.75. The molecule has 3 aromatic rings. The molecule has 96 valence electrons. The smallest absolute Gasteiger partial charge is 0.141 e. The number of aromatic nitrogens is 2.